The fraction of sp³-hybridized carbons (Fsp3) is 0.556. The van der Waals surface area contributed by atoms with Gasteiger partial charge in [-0.1, -0.05) is 18.2 Å². The summed E-state index contributed by atoms with van der Waals surface area (Å²) in [7, 11) is 0. The molecule has 0 saturated heterocycles. The number of ether oxygens (including phenoxy) is 1. The third kappa shape index (κ3) is 5.44. The van der Waals surface area contributed by atoms with Gasteiger partial charge in [0.15, 0.2) is 0 Å². The number of carboxylic acid groups (broad SMARTS) is 1. The van der Waals surface area contributed by atoms with Crippen LogP contribution in [-0.4, -0.2) is 35.8 Å². The summed E-state index contributed by atoms with van der Waals surface area (Å²) in [6.07, 6.45) is 2.51. The highest BCUT2D eigenvalue weighted by molar-refractivity contribution is 5.74. The maximum Gasteiger partial charge on any atom is 0.315 e. The number of carbonyl (C=O) groups is 2. The summed E-state index contributed by atoms with van der Waals surface area (Å²) >= 11 is 0. The van der Waals surface area contributed by atoms with Gasteiger partial charge in [0.05, 0.1) is 12.5 Å². The van der Waals surface area contributed by atoms with Crippen molar-refractivity contribution in [2.45, 2.75) is 51.7 Å². The highest BCUT2D eigenvalue weighted by atomic mass is 16.5. The Morgan fingerprint density at radius 3 is 2.54 bits per heavy atom. The Balaban J connectivity index is 1.68. The highest BCUT2D eigenvalue weighted by Crippen LogP contribution is 2.24. The second kappa shape index (κ2) is 8.57. The summed E-state index contributed by atoms with van der Waals surface area (Å²) in [5.41, 5.74) is 1.06. The molecule has 1 unspecified atom stereocenters. The van der Waals surface area contributed by atoms with E-state index in [4.69, 9.17) is 9.84 Å². The van der Waals surface area contributed by atoms with E-state index in [0.29, 0.717) is 32.2 Å². The third-order valence-electron chi connectivity index (χ3n) is 4.38. The lowest BCUT2D eigenvalue weighted by atomic mass is 9.86. The molecule has 0 spiro atoms. The van der Waals surface area contributed by atoms with E-state index in [1.807, 2.05) is 38.1 Å². The van der Waals surface area contributed by atoms with E-state index in [0.717, 1.165) is 11.3 Å². The molecule has 0 heterocycles. The summed E-state index contributed by atoms with van der Waals surface area (Å²) in [6.45, 7) is 4.30. The van der Waals surface area contributed by atoms with Crippen LogP contribution in [0.3, 0.4) is 0 Å². The number of amides is 2. The largest absolute Gasteiger partial charge is 0.489 e. The van der Waals surface area contributed by atoms with Crippen LogP contribution in [0.5, 0.6) is 5.75 Å². The van der Waals surface area contributed by atoms with Crippen molar-refractivity contribution in [1.82, 2.24) is 10.6 Å². The van der Waals surface area contributed by atoms with E-state index < -0.39 is 5.97 Å². The van der Waals surface area contributed by atoms with Crippen LogP contribution in [0.25, 0.3) is 0 Å². The van der Waals surface area contributed by atoms with E-state index in [9.17, 15) is 9.59 Å². The fourth-order valence-corrected chi connectivity index (χ4v) is 2.90. The second-order valence-corrected chi connectivity index (χ2v) is 6.44. The Kier molecular flexibility index (Phi) is 6.46. The summed E-state index contributed by atoms with van der Waals surface area (Å²) in [4.78, 5) is 22.9. The van der Waals surface area contributed by atoms with Gasteiger partial charge >= 0.3 is 12.0 Å². The molecular formula is C18H26N2O4. The lowest BCUT2D eigenvalue weighted by Gasteiger charge is -2.27. The van der Waals surface area contributed by atoms with Crippen molar-refractivity contribution >= 4 is 12.0 Å². The Hall–Kier alpha value is -2.24. The van der Waals surface area contributed by atoms with Crippen molar-refractivity contribution < 1.29 is 19.4 Å². The molecule has 0 bridgehead atoms. The van der Waals surface area contributed by atoms with E-state index in [1.165, 1.54) is 0 Å². The number of rotatable bonds is 6. The Bertz CT molecular complexity index is 568. The molecule has 0 aromatic heterocycles. The van der Waals surface area contributed by atoms with Crippen molar-refractivity contribution in [1.29, 1.82) is 0 Å². The van der Waals surface area contributed by atoms with E-state index in [2.05, 4.69) is 10.6 Å². The van der Waals surface area contributed by atoms with Crippen LogP contribution in [-0.2, 0) is 4.79 Å². The predicted octanol–water partition coefficient (Wildman–Crippen LogP) is 2.70. The zero-order valence-electron chi connectivity index (χ0n) is 14.2. The molecular weight excluding hydrogens is 308 g/mol. The smallest absolute Gasteiger partial charge is 0.315 e. The van der Waals surface area contributed by atoms with Crippen LogP contribution in [0.2, 0.25) is 0 Å². The van der Waals surface area contributed by atoms with Gasteiger partial charge in [0.25, 0.3) is 0 Å². The van der Waals surface area contributed by atoms with Crippen molar-refractivity contribution in [2.75, 3.05) is 6.54 Å². The highest BCUT2D eigenvalue weighted by Gasteiger charge is 2.26. The van der Waals surface area contributed by atoms with Gasteiger partial charge in [0.2, 0.25) is 0 Å². The number of carbonyl (C=O) groups excluding carboxylic acids is 1. The van der Waals surface area contributed by atoms with Crippen LogP contribution in [0.15, 0.2) is 24.3 Å². The first-order valence-electron chi connectivity index (χ1n) is 8.45. The number of aryl methyl sites for hydroxylation is 1. The molecule has 1 aliphatic carbocycles. The zero-order valence-corrected chi connectivity index (χ0v) is 14.2. The first-order valence-corrected chi connectivity index (χ1v) is 8.45. The Labute approximate surface area is 142 Å². The maximum atomic E-state index is 12.0. The normalized spacial score (nSPS) is 21.6. The number of aliphatic carboxylic acids is 1. The molecule has 3 N–H and O–H groups in total. The van der Waals surface area contributed by atoms with Gasteiger partial charge in [-0.05, 0) is 51.2 Å². The molecule has 6 nitrogen and oxygen atoms in total. The van der Waals surface area contributed by atoms with E-state index in [1.54, 1.807) is 0 Å². The molecule has 2 rings (SSSR count). The number of urea groups is 1. The Morgan fingerprint density at radius 1 is 1.25 bits per heavy atom. The Morgan fingerprint density at radius 2 is 1.92 bits per heavy atom. The molecule has 1 aliphatic rings. The molecule has 0 aliphatic heterocycles. The molecule has 1 atom stereocenters. The molecule has 6 heteroatoms. The fourth-order valence-electron chi connectivity index (χ4n) is 2.90. The zero-order chi connectivity index (χ0) is 17.5. The molecule has 132 valence electrons. The van der Waals surface area contributed by atoms with Crippen LogP contribution in [0.4, 0.5) is 4.79 Å². The minimum atomic E-state index is -0.736. The minimum Gasteiger partial charge on any atom is -0.489 e. The number of benzene rings is 1. The predicted molar refractivity (Wildman–Crippen MR) is 91.2 cm³/mol. The number of hydrogen-bond donors (Lipinski definition) is 3. The van der Waals surface area contributed by atoms with Crippen molar-refractivity contribution in [3.8, 4) is 5.75 Å². The van der Waals surface area contributed by atoms with E-state index >= 15 is 0 Å². The minimum absolute atomic E-state index is 0.0493. The lowest BCUT2D eigenvalue weighted by Crippen LogP contribution is -2.46. The van der Waals surface area contributed by atoms with Gasteiger partial charge in [-0.25, -0.2) is 4.79 Å². The van der Waals surface area contributed by atoms with Crippen molar-refractivity contribution in [2.24, 2.45) is 5.92 Å². The van der Waals surface area contributed by atoms with Gasteiger partial charge in [-0.3, -0.25) is 4.79 Å². The van der Waals surface area contributed by atoms with Crippen molar-refractivity contribution in [3.63, 3.8) is 0 Å². The van der Waals surface area contributed by atoms with Gasteiger partial charge in [-0.2, -0.15) is 0 Å². The first kappa shape index (κ1) is 18.1. The molecule has 1 aromatic rings. The monoisotopic (exact) mass is 334 g/mol. The summed E-state index contributed by atoms with van der Waals surface area (Å²) < 4.78 is 5.82. The number of para-hydroxylation sites is 1. The van der Waals surface area contributed by atoms with Crippen molar-refractivity contribution in [3.05, 3.63) is 29.8 Å². The second-order valence-electron chi connectivity index (χ2n) is 6.44. The molecule has 2 amide bonds. The number of hydrogen-bond acceptors (Lipinski definition) is 3. The standard InChI is InChI=1S/C18H26N2O4/c1-12-5-3-4-6-16(12)24-13(2)11-19-18(23)20-15-9-7-14(8-10-15)17(21)22/h3-6,13-15H,7-11H2,1-2H3,(H,21,22)(H2,19,20,23). The molecule has 24 heavy (non-hydrogen) atoms. The number of nitrogens with one attached hydrogen (secondary N) is 2. The quantitative estimate of drug-likeness (QED) is 0.746. The van der Waals surface area contributed by atoms with Gasteiger partial charge in [0.1, 0.15) is 11.9 Å². The summed E-state index contributed by atoms with van der Waals surface area (Å²) in [5.74, 6) is -0.187. The van der Waals surface area contributed by atoms with Gasteiger partial charge in [0, 0.05) is 6.04 Å². The molecule has 1 aromatic carbocycles. The van der Waals surface area contributed by atoms with Crippen LogP contribution in [0, 0.1) is 12.8 Å². The van der Waals surface area contributed by atoms with Crippen LogP contribution in [0.1, 0.15) is 38.2 Å². The van der Waals surface area contributed by atoms with Crippen LogP contribution >= 0.6 is 0 Å². The SMILES string of the molecule is Cc1ccccc1OC(C)CNC(=O)NC1CCC(C(=O)O)CC1. The average Bonchev–Trinajstić information content (AvgIpc) is 2.55. The maximum absolute atomic E-state index is 12.0. The van der Waals surface area contributed by atoms with Crippen LogP contribution < -0.4 is 15.4 Å². The van der Waals surface area contributed by atoms with E-state index in [-0.39, 0.29) is 24.1 Å². The first-order chi connectivity index (χ1) is 11.5. The average molecular weight is 334 g/mol. The summed E-state index contributed by atoms with van der Waals surface area (Å²) in [5, 5.41) is 14.7. The van der Waals surface area contributed by atoms with Gasteiger partial charge in [-0.15, -0.1) is 0 Å². The lowest BCUT2D eigenvalue weighted by molar-refractivity contribution is -0.142. The molecule has 0 radical (unpaired) electrons. The van der Waals surface area contributed by atoms with Gasteiger partial charge < -0.3 is 20.5 Å². The topological polar surface area (TPSA) is 87.7 Å². The molecule has 1 fully saturated rings. The summed E-state index contributed by atoms with van der Waals surface area (Å²) in [6, 6.07) is 7.59. The molecule has 1 saturated carbocycles. The third-order valence-corrected chi connectivity index (χ3v) is 4.38. The number of carboxylic acids is 1.